The van der Waals surface area contributed by atoms with Gasteiger partial charge in [0.25, 0.3) is 0 Å². The summed E-state index contributed by atoms with van der Waals surface area (Å²) in [5.74, 6) is 0.257. The Hall–Kier alpha value is -2.24. The molecule has 6 nitrogen and oxygen atoms in total. The van der Waals surface area contributed by atoms with Gasteiger partial charge in [-0.15, -0.1) is 0 Å². The highest BCUT2D eigenvalue weighted by Crippen LogP contribution is 2.31. The first kappa shape index (κ1) is 15.6. The van der Waals surface area contributed by atoms with Gasteiger partial charge in [-0.25, -0.2) is 0 Å². The zero-order chi connectivity index (χ0) is 16.4. The minimum absolute atomic E-state index is 0.0932. The van der Waals surface area contributed by atoms with E-state index in [0.717, 1.165) is 12.8 Å². The summed E-state index contributed by atoms with van der Waals surface area (Å²) in [6.45, 7) is 0.513. The van der Waals surface area contributed by atoms with Crippen LogP contribution in [0.3, 0.4) is 0 Å². The van der Waals surface area contributed by atoms with Crippen molar-refractivity contribution in [1.82, 2.24) is 4.90 Å². The zero-order valence-corrected chi connectivity index (χ0v) is 13.4. The minimum atomic E-state index is -0.311. The second kappa shape index (κ2) is 6.48. The van der Waals surface area contributed by atoms with Crippen LogP contribution in [0.15, 0.2) is 18.2 Å². The summed E-state index contributed by atoms with van der Waals surface area (Å²) < 4.78 is 5.15. The fraction of sp³-hybridized carbons (Fsp3) is 0.529. The SMILES string of the molecule is COc1ccc(N)c(NC(=O)C2CC(=O)N(C3CCCC3)C2)c1. The summed E-state index contributed by atoms with van der Waals surface area (Å²) in [7, 11) is 1.56. The highest BCUT2D eigenvalue weighted by molar-refractivity contribution is 5.99. The van der Waals surface area contributed by atoms with Crippen molar-refractivity contribution in [2.75, 3.05) is 24.7 Å². The molecule has 1 aromatic rings. The molecule has 1 aromatic carbocycles. The Morgan fingerprint density at radius 3 is 2.78 bits per heavy atom. The molecule has 3 N–H and O–H groups in total. The van der Waals surface area contributed by atoms with Gasteiger partial charge in [0.1, 0.15) is 5.75 Å². The number of nitrogens with one attached hydrogen (secondary N) is 1. The predicted octanol–water partition coefficient (Wildman–Crippen LogP) is 2.01. The Bertz CT molecular complexity index is 611. The molecule has 0 bridgehead atoms. The lowest BCUT2D eigenvalue weighted by Gasteiger charge is -2.24. The molecule has 3 rings (SSSR count). The van der Waals surface area contributed by atoms with Gasteiger partial charge in [-0.3, -0.25) is 9.59 Å². The van der Waals surface area contributed by atoms with Crippen molar-refractivity contribution in [3.8, 4) is 5.75 Å². The van der Waals surface area contributed by atoms with Crippen LogP contribution in [0, 0.1) is 5.92 Å². The predicted molar refractivity (Wildman–Crippen MR) is 88.1 cm³/mol. The van der Waals surface area contributed by atoms with E-state index in [-0.39, 0.29) is 24.2 Å². The summed E-state index contributed by atoms with van der Waals surface area (Å²) in [5.41, 5.74) is 6.91. The van der Waals surface area contributed by atoms with E-state index in [4.69, 9.17) is 10.5 Å². The van der Waals surface area contributed by atoms with E-state index in [1.54, 1.807) is 25.3 Å². The Kier molecular flexibility index (Phi) is 4.41. The average molecular weight is 317 g/mol. The maximum Gasteiger partial charge on any atom is 0.229 e. The fourth-order valence-electron chi connectivity index (χ4n) is 3.48. The van der Waals surface area contributed by atoms with Crippen LogP contribution in [0.25, 0.3) is 0 Å². The van der Waals surface area contributed by atoms with Gasteiger partial charge in [0.2, 0.25) is 11.8 Å². The van der Waals surface area contributed by atoms with E-state index in [9.17, 15) is 9.59 Å². The number of benzene rings is 1. The largest absolute Gasteiger partial charge is 0.497 e. The standard InChI is InChI=1S/C17H23N3O3/c1-23-13-6-7-14(18)15(9-13)19-17(22)11-8-16(21)20(10-11)12-4-2-3-5-12/h6-7,9,11-12H,2-5,8,10,18H2,1H3,(H,19,22). The van der Waals surface area contributed by atoms with Crippen molar-refractivity contribution in [1.29, 1.82) is 0 Å². The number of anilines is 2. The Morgan fingerprint density at radius 2 is 2.09 bits per heavy atom. The number of hydrogen-bond donors (Lipinski definition) is 2. The van der Waals surface area contributed by atoms with Crippen LogP contribution in [0.1, 0.15) is 32.1 Å². The maximum absolute atomic E-state index is 12.5. The molecule has 1 aliphatic carbocycles. The summed E-state index contributed by atoms with van der Waals surface area (Å²) >= 11 is 0. The van der Waals surface area contributed by atoms with Crippen molar-refractivity contribution in [2.24, 2.45) is 5.92 Å². The van der Waals surface area contributed by atoms with Gasteiger partial charge in [-0.05, 0) is 25.0 Å². The number of carbonyl (C=O) groups excluding carboxylic acids is 2. The molecule has 0 aromatic heterocycles. The molecule has 6 heteroatoms. The topological polar surface area (TPSA) is 84.7 Å². The number of methoxy groups -OCH3 is 1. The number of carbonyl (C=O) groups is 2. The molecule has 1 atom stereocenters. The second-order valence-corrected chi connectivity index (χ2v) is 6.33. The van der Waals surface area contributed by atoms with Crippen molar-refractivity contribution in [3.63, 3.8) is 0 Å². The Labute approximate surface area is 136 Å². The highest BCUT2D eigenvalue weighted by atomic mass is 16.5. The molecule has 0 radical (unpaired) electrons. The lowest BCUT2D eigenvalue weighted by atomic mass is 10.1. The molecule has 1 saturated carbocycles. The first-order chi connectivity index (χ1) is 11.1. The Balaban J connectivity index is 1.66. The van der Waals surface area contributed by atoms with Gasteiger partial charge in [0.05, 0.1) is 24.4 Å². The molecule has 0 spiro atoms. The maximum atomic E-state index is 12.5. The second-order valence-electron chi connectivity index (χ2n) is 6.33. The molecule has 2 aliphatic rings. The number of hydrogen-bond acceptors (Lipinski definition) is 4. The highest BCUT2D eigenvalue weighted by Gasteiger charge is 2.38. The van der Waals surface area contributed by atoms with E-state index in [1.165, 1.54) is 12.8 Å². The average Bonchev–Trinajstić information content (AvgIpc) is 3.18. The third-order valence-electron chi connectivity index (χ3n) is 4.81. The molecule has 1 saturated heterocycles. The van der Waals surface area contributed by atoms with E-state index in [2.05, 4.69) is 5.32 Å². The quantitative estimate of drug-likeness (QED) is 0.832. The van der Waals surface area contributed by atoms with Gasteiger partial charge in [0.15, 0.2) is 0 Å². The Morgan fingerprint density at radius 1 is 1.35 bits per heavy atom. The summed E-state index contributed by atoms with van der Waals surface area (Å²) in [6.07, 6.45) is 4.75. The normalized spacial score (nSPS) is 21.7. The third kappa shape index (κ3) is 3.25. The van der Waals surface area contributed by atoms with E-state index < -0.39 is 0 Å². The number of ether oxygens (including phenoxy) is 1. The number of nitrogens with two attached hydrogens (primary N) is 1. The van der Waals surface area contributed by atoms with Crippen LogP contribution in [-0.2, 0) is 9.59 Å². The first-order valence-corrected chi connectivity index (χ1v) is 8.12. The molecule has 23 heavy (non-hydrogen) atoms. The van der Waals surface area contributed by atoms with Gasteiger partial charge in [-0.1, -0.05) is 12.8 Å². The van der Waals surface area contributed by atoms with Gasteiger partial charge < -0.3 is 20.7 Å². The van der Waals surface area contributed by atoms with Gasteiger partial charge in [-0.2, -0.15) is 0 Å². The minimum Gasteiger partial charge on any atom is -0.497 e. The fourth-order valence-corrected chi connectivity index (χ4v) is 3.48. The third-order valence-corrected chi connectivity index (χ3v) is 4.81. The van der Waals surface area contributed by atoms with Crippen molar-refractivity contribution >= 4 is 23.2 Å². The monoisotopic (exact) mass is 317 g/mol. The number of likely N-dealkylation sites (tertiary alicyclic amines) is 1. The van der Waals surface area contributed by atoms with Crippen LogP contribution in [-0.4, -0.2) is 36.4 Å². The number of amides is 2. The molecular weight excluding hydrogens is 294 g/mol. The van der Waals surface area contributed by atoms with Crippen molar-refractivity contribution < 1.29 is 14.3 Å². The molecular formula is C17H23N3O3. The lowest BCUT2D eigenvalue weighted by Crippen LogP contribution is -2.35. The first-order valence-electron chi connectivity index (χ1n) is 8.12. The number of rotatable bonds is 4. The summed E-state index contributed by atoms with van der Waals surface area (Å²) in [5, 5.41) is 2.84. The molecule has 1 aliphatic heterocycles. The van der Waals surface area contributed by atoms with Crippen LogP contribution >= 0.6 is 0 Å². The van der Waals surface area contributed by atoms with Gasteiger partial charge >= 0.3 is 0 Å². The van der Waals surface area contributed by atoms with Crippen LogP contribution in [0.2, 0.25) is 0 Å². The van der Waals surface area contributed by atoms with Crippen LogP contribution < -0.4 is 15.8 Å². The lowest BCUT2D eigenvalue weighted by molar-refractivity contribution is -0.129. The molecule has 1 unspecified atom stereocenters. The van der Waals surface area contributed by atoms with Crippen LogP contribution in [0.4, 0.5) is 11.4 Å². The van der Waals surface area contributed by atoms with E-state index in [0.29, 0.717) is 29.7 Å². The van der Waals surface area contributed by atoms with Crippen molar-refractivity contribution in [2.45, 2.75) is 38.1 Å². The summed E-state index contributed by atoms with van der Waals surface area (Å²) in [6, 6.07) is 5.45. The zero-order valence-electron chi connectivity index (χ0n) is 13.4. The number of nitrogen functional groups attached to an aromatic ring is 1. The molecule has 2 fully saturated rings. The van der Waals surface area contributed by atoms with E-state index in [1.807, 2.05) is 4.90 Å². The smallest absolute Gasteiger partial charge is 0.229 e. The van der Waals surface area contributed by atoms with Gasteiger partial charge in [0, 0.05) is 25.1 Å². The molecule has 1 heterocycles. The molecule has 124 valence electrons. The van der Waals surface area contributed by atoms with Crippen molar-refractivity contribution in [3.05, 3.63) is 18.2 Å². The number of nitrogens with zero attached hydrogens (tertiary/aromatic N) is 1. The summed E-state index contributed by atoms with van der Waals surface area (Å²) in [4.78, 5) is 26.6. The van der Waals surface area contributed by atoms with E-state index >= 15 is 0 Å². The van der Waals surface area contributed by atoms with Crippen LogP contribution in [0.5, 0.6) is 5.75 Å². The molecule has 2 amide bonds.